The van der Waals surface area contributed by atoms with Crippen molar-refractivity contribution in [2.24, 2.45) is 0 Å². The molecule has 3 aromatic rings. The van der Waals surface area contributed by atoms with Crippen molar-refractivity contribution in [2.75, 3.05) is 0 Å². The van der Waals surface area contributed by atoms with Crippen LogP contribution in [-0.4, -0.2) is 15.2 Å². The molecule has 88 valence electrons. The Morgan fingerprint density at radius 3 is 2.50 bits per heavy atom. The number of phenols is 2. The van der Waals surface area contributed by atoms with E-state index in [9.17, 15) is 10.2 Å². The van der Waals surface area contributed by atoms with Gasteiger partial charge in [-0.3, -0.25) is 4.98 Å². The molecule has 0 aliphatic rings. The number of aromatic nitrogens is 1. The summed E-state index contributed by atoms with van der Waals surface area (Å²) in [6.45, 7) is 0. The Morgan fingerprint density at radius 2 is 1.67 bits per heavy atom. The normalized spacial score (nSPS) is 10.7. The molecule has 0 radical (unpaired) electrons. The SMILES string of the molecule is Oc1cccc(-c2nccc3cc(O)ccc23)c1. The maximum Gasteiger partial charge on any atom is 0.116 e. The quantitative estimate of drug-likeness (QED) is 0.682. The van der Waals surface area contributed by atoms with Crippen molar-refractivity contribution in [3.63, 3.8) is 0 Å². The Morgan fingerprint density at radius 1 is 0.833 bits per heavy atom. The van der Waals surface area contributed by atoms with Gasteiger partial charge in [0.25, 0.3) is 0 Å². The van der Waals surface area contributed by atoms with Gasteiger partial charge in [-0.05, 0) is 41.8 Å². The molecule has 0 saturated heterocycles. The summed E-state index contributed by atoms with van der Waals surface area (Å²) in [6.07, 6.45) is 1.70. The van der Waals surface area contributed by atoms with Gasteiger partial charge in [0.15, 0.2) is 0 Å². The minimum atomic E-state index is 0.213. The fourth-order valence-corrected chi connectivity index (χ4v) is 2.05. The van der Waals surface area contributed by atoms with Gasteiger partial charge in [0.05, 0.1) is 5.69 Å². The molecule has 0 saturated carbocycles. The van der Waals surface area contributed by atoms with Crippen LogP contribution in [0.15, 0.2) is 54.7 Å². The Kier molecular flexibility index (Phi) is 2.38. The van der Waals surface area contributed by atoms with Crippen LogP contribution in [0.3, 0.4) is 0 Å². The standard InChI is InChI=1S/C15H11NO2/c17-12-3-1-2-11(9-12)15-14-5-4-13(18)8-10(14)6-7-16-15/h1-9,17-18H. The molecular weight excluding hydrogens is 226 g/mol. The molecule has 3 nitrogen and oxygen atoms in total. The highest BCUT2D eigenvalue weighted by Crippen LogP contribution is 2.29. The third kappa shape index (κ3) is 1.76. The lowest BCUT2D eigenvalue weighted by molar-refractivity contribution is 0.475. The number of pyridine rings is 1. The first-order chi connectivity index (χ1) is 8.74. The van der Waals surface area contributed by atoms with Crippen LogP contribution < -0.4 is 0 Å². The first kappa shape index (κ1) is 10.6. The van der Waals surface area contributed by atoms with E-state index in [2.05, 4.69) is 4.98 Å². The molecule has 2 aromatic carbocycles. The van der Waals surface area contributed by atoms with E-state index >= 15 is 0 Å². The summed E-state index contributed by atoms with van der Waals surface area (Å²) in [4.78, 5) is 4.36. The zero-order valence-corrected chi connectivity index (χ0v) is 9.54. The third-order valence-electron chi connectivity index (χ3n) is 2.87. The number of rotatable bonds is 1. The topological polar surface area (TPSA) is 53.4 Å². The van der Waals surface area contributed by atoms with Crippen LogP contribution in [-0.2, 0) is 0 Å². The van der Waals surface area contributed by atoms with Gasteiger partial charge in [0.2, 0.25) is 0 Å². The summed E-state index contributed by atoms with van der Waals surface area (Å²) in [6, 6.07) is 14.0. The molecule has 3 rings (SSSR count). The zero-order chi connectivity index (χ0) is 12.5. The molecule has 0 fully saturated rings. The lowest BCUT2D eigenvalue weighted by Crippen LogP contribution is -1.85. The summed E-state index contributed by atoms with van der Waals surface area (Å²) < 4.78 is 0. The largest absolute Gasteiger partial charge is 0.508 e. The maximum atomic E-state index is 9.52. The number of phenolic OH excluding ortho intramolecular Hbond substituents is 2. The van der Waals surface area contributed by atoms with E-state index in [4.69, 9.17) is 0 Å². The minimum Gasteiger partial charge on any atom is -0.508 e. The van der Waals surface area contributed by atoms with Crippen molar-refractivity contribution in [1.29, 1.82) is 0 Å². The number of nitrogens with zero attached hydrogens (tertiary/aromatic N) is 1. The summed E-state index contributed by atoms with van der Waals surface area (Å²) >= 11 is 0. The summed E-state index contributed by atoms with van der Waals surface area (Å²) in [7, 11) is 0. The second-order valence-electron chi connectivity index (χ2n) is 4.12. The number of aromatic hydroxyl groups is 2. The number of fused-ring (bicyclic) bond motifs is 1. The van der Waals surface area contributed by atoms with Gasteiger partial charge in [-0.25, -0.2) is 0 Å². The van der Waals surface area contributed by atoms with E-state index in [1.165, 1.54) is 0 Å². The minimum absolute atomic E-state index is 0.213. The first-order valence-corrected chi connectivity index (χ1v) is 5.61. The maximum absolute atomic E-state index is 9.52. The molecule has 3 heteroatoms. The van der Waals surface area contributed by atoms with Crippen LogP contribution >= 0.6 is 0 Å². The van der Waals surface area contributed by atoms with Crippen molar-refractivity contribution in [3.8, 4) is 22.8 Å². The Labute approximate surface area is 104 Å². The van der Waals surface area contributed by atoms with E-state index in [-0.39, 0.29) is 11.5 Å². The third-order valence-corrected chi connectivity index (χ3v) is 2.87. The Balaban J connectivity index is 2.29. The van der Waals surface area contributed by atoms with Crippen molar-refractivity contribution in [1.82, 2.24) is 4.98 Å². The van der Waals surface area contributed by atoms with Crippen molar-refractivity contribution >= 4 is 10.8 Å². The zero-order valence-electron chi connectivity index (χ0n) is 9.54. The van der Waals surface area contributed by atoms with Gasteiger partial charge >= 0.3 is 0 Å². The highest BCUT2D eigenvalue weighted by atomic mass is 16.3. The molecule has 1 aromatic heterocycles. The Bertz CT molecular complexity index is 723. The average Bonchev–Trinajstić information content (AvgIpc) is 2.37. The second kappa shape index (κ2) is 4.04. The summed E-state index contributed by atoms with van der Waals surface area (Å²) in [5, 5.41) is 20.9. The highest BCUT2D eigenvalue weighted by molar-refractivity contribution is 5.95. The van der Waals surface area contributed by atoms with Gasteiger partial charge < -0.3 is 10.2 Å². The van der Waals surface area contributed by atoms with Crippen molar-refractivity contribution < 1.29 is 10.2 Å². The molecule has 18 heavy (non-hydrogen) atoms. The number of hydrogen-bond donors (Lipinski definition) is 2. The molecule has 0 spiro atoms. The summed E-state index contributed by atoms with van der Waals surface area (Å²) in [5.74, 6) is 0.445. The molecule has 1 heterocycles. The molecular formula is C15H11NO2. The van der Waals surface area contributed by atoms with Gasteiger partial charge in [-0.2, -0.15) is 0 Å². The van der Waals surface area contributed by atoms with E-state index in [0.717, 1.165) is 22.0 Å². The second-order valence-corrected chi connectivity index (χ2v) is 4.12. The van der Waals surface area contributed by atoms with E-state index < -0.39 is 0 Å². The fraction of sp³-hybridized carbons (Fsp3) is 0. The van der Waals surface area contributed by atoms with Crippen LogP contribution in [0.25, 0.3) is 22.0 Å². The smallest absolute Gasteiger partial charge is 0.116 e. The Hall–Kier alpha value is -2.55. The predicted molar refractivity (Wildman–Crippen MR) is 70.5 cm³/mol. The monoisotopic (exact) mass is 237 g/mol. The number of benzene rings is 2. The molecule has 2 N–H and O–H groups in total. The van der Waals surface area contributed by atoms with E-state index in [1.54, 1.807) is 36.5 Å². The lowest BCUT2D eigenvalue weighted by Gasteiger charge is -2.06. The summed E-state index contributed by atoms with van der Waals surface area (Å²) in [5.41, 5.74) is 1.65. The van der Waals surface area contributed by atoms with Gasteiger partial charge in [-0.1, -0.05) is 12.1 Å². The van der Waals surface area contributed by atoms with Crippen molar-refractivity contribution in [2.45, 2.75) is 0 Å². The van der Waals surface area contributed by atoms with Crippen molar-refractivity contribution in [3.05, 3.63) is 54.7 Å². The van der Waals surface area contributed by atoms with Crippen LogP contribution in [0.5, 0.6) is 11.5 Å². The van der Waals surface area contributed by atoms with Crippen LogP contribution in [0.2, 0.25) is 0 Å². The molecule has 0 aliphatic carbocycles. The van der Waals surface area contributed by atoms with Crippen LogP contribution in [0.1, 0.15) is 0 Å². The number of hydrogen-bond acceptors (Lipinski definition) is 3. The van der Waals surface area contributed by atoms with E-state index in [1.807, 2.05) is 18.2 Å². The average molecular weight is 237 g/mol. The predicted octanol–water partition coefficient (Wildman–Crippen LogP) is 3.31. The van der Waals surface area contributed by atoms with Crippen LogP contribution in [0.4, 0.5) is 0 Å². The highest BCUT2D eigenvalue weighted by Gasteiger charge is 2.06. The van der Waals surface area contributed by atoms with Crippen LogP contribution in [0, 0.1) is 0 Å². The first-order valence-electron chi connectivity index (χ1n) is 5.61. The molecule has 0 aliphatic heterocycles. The fourth-order valence-electron chi connectivity index (χ4n) is 2.05. The van der Waals surface area contributed by atoms with Gasteiger partial charge in [0, 0.05) is 17.1 Å². The van der Waals surface area contributed by atoms with E-state index in [0.29, 0.717) is 0 Å². The molecule has 0 atom stereocenters. The lowest BCUT2D eigenvalue weighted by atomic mass is 10.0. The van der Waals surface area contributed by atoms with Gasteiger partial charge in [-0.15, -0.1) is 0 Å². The van der Waals surface area contributed by atoms with Gasteiger partial charge in [0.1, 0.15) is 11.5 Å². The molecule has 0 bridgehead atoms. The molecule has 0 amide bonds. The molecule has 0 unspecified atom stereocenters.